The number of carbonyl (C=O) groups excluding carboxylic acids is 1. The second-order valence-corrected chi connectivity index (χ2v) is 9.73. The number of aliphatic hydroxyl groups is 3. The van der Waals surface area contributed by atoms with E-state index in [4.69, 9.17) is 15.3 Å². The van der Waals surface area contributed by atoms with Crippen molar-refractivity contribution in [2.75, 3.05) is 0 Å². The molecule has 4 rings (SSSR count). The van der Waals surface area contributed by atoms with Crippen LogP contribution in [0.5, 0.6) is 0 Å². The number of rotatable bonds is 6. The molecule has 3 atom stereocenters. The fraction of sp³-hybridized carbons (Fsp3) is 0.833. The number of alkyl halides is 20. The third-order valence-electron chi connectivity index (χ3n) is 7.73. The van der Waals surface area contributed by atoms with E-state index in [0.29, 0.717) is 0 Å². The third-order valence-corrected chi connectivity index (χ3v) is 7.73. The molecule has 4 aliphatic carbocycles. The van der Waals surface area contributed by atoms with Gasteiger partial charge in [-0.25, -0.2) is 57.5 Å². The van der Waals surface area contributed by atoms with Crippen molar-refractivity contribution in [1.29, 1.82) is 0 Å². The van der Waals surface area contributed by atoms with Crippen LogP contribution in [0.3, 0.4) is 0 Å². The van der Waals surface area contributed by atoms with Crippen LogP contribution in [0, 0.1) is 10.8 Å². The van der Waals surface area contributed by atoms with Crippen molar-refractivity contribution in [2.24, 2.45) is 10.8 Å². The van der Waals surface area contributed by atoms with Gasteiger partial charge < -0.3 is 20.1 Å². The van der Waals surface area contributed by atoms with E-state index in [1.54, 1.807) is 0 Å². The third kappa shape index (κ3) is 2.48. The van der Waals surface area contributed by atoms with Crippen molar-refractivity contribution in [2.45, 2.75) is 77.7 Å². The van der Waals surface area contributed by atoms with Gasteiger partial charge in [0, 0.05) is 5.57 Å². The van der Waals surface area contributed by atoms with Gasteiger partial charge >= 0.3 is 70.8 Å². The summed E-state index contributed by atoms with van der Waals surface area (Å²) in [4.78, 5) is 11.3. The lowest BCUT2D eigenvalue weighted by molar-refractivity contribution is -0.666. The van der Waals surface area contributed by atoms with Gasteiger partial charge in [0.05, 0.1) is 0 Å². The van der Waals surface area contributed by atoms with Crippen LogP contribution in [-0.4, -0.2) is 92.1 Å². The van der Waals surface area contributed by atoms with Gasteiger partial charge in [-0.15, -0.1) is 0 Å². The molecule has 4 saturated carbocycles. The van der Waals surface area contributed by atoms with Crippen molar-refractivity contribution in [3.05, 3.63) is 12.2 Å². The number of hydrogen-bond acceptors (Lipinski definition) is 5. The van der Waals surface area contributed by atoms with Gasteiger partial charge in [-0.3, -0.25) is 0 Å². The van der Waals surface area contributed by atoms with Gasteiger partial charge in [0.15, 0.2) is 0 Å². The van der Waals surface area contributed by atoms with Crippen LogP contribution >= 0.6 is 0 Å². The highest BCUT2D eigenvalue weighted by Crippen LogP contribution is 2.96. The first-order chi connectivity index (χ1) is 18.3. The fourth-order valence-corrected chi connectivity index (χ4v) is 5.85. The number of carbonyl (C=O) groups is 1. The minimum Gasteiger partial charge on any atom is -0.396 e. The molecule has 25 heteroatoms. The summed E-state index contributed by atoms with van der Waals surface area (Å²) < 4.78 is 304. The first-order valence-corrected chi connectivity index (χ1v) is 10.2. The summed E-state index contributed by atoms with van der Waals surface area (Å²) in [6.07, 6.45) is 0. The molecular formula is C18H8F20O5. The molecule has 3 N–H and O–H groups in total. The van der Waals surface area contributed by atoms with Crippen LogP contribution < -0.4 is 0 Å². The number of esters is 1. The van der Waals surface area contributed by atoms with Crippen LogP contribution in [0.2, 0.25) is 0 Å². The van der Waals surface area contributed by atoms with E-state index in [9.17, 15) is 31.1 Å². The first kappa shape index (κ1) is 35.2. The molecule has 0 spiro atoms. The Morgan fingerprint density at radius 3 is 1.09 bits per heavy atom. The second kappa shape index (κ2) is 7.55. The molecule has 0 aromatic heterocycles. The van der Waals surface area contributed by atoms with Crippen molar-refractivity contribution in [1.82, 2.24) is 0 Å². The lowest BCUT2D eigenvalue weighted by atomic mass is 9.30. The lowest BCUT2D eigenvalue weighted by Crippen LogP contribution is -3.10. The van der Waals surface area contributed by atoms with Crippen molar-refractivity contribution in [3.8, 4) is 0 Å². The van der Waals surface area contributed by atoms with E-state index in [1.165, 1.54) is 0 Å². The molecule has 0 aliphatic heterocycles. The smallest absolute Gasteiger partial charge is 0.396 e. The van der Waals surface area contributed by atoms with Gasteiger partial charge in [-0.1, -0.05) is 6.58 Å². The van der Waals surface area contributed by atoms with Gasteiger partial charge in [-0.2, -0.15) is 35.1 Å². The van der Waals surface area contributed by atoms with E-state index in [2.05, 4.69) is 11.3 Å². The summed E-state index contributed by atoms with van der Waals surface area (Å²) in [5.41, 5.74) is -38.2. The molecular weight excluding hydrogens is 676 g/mol. The summed E-state index contributed by atoms with van der Waals surface area (Å²) in [6.45, 7) is 2.58. The van der Waals surface area contributed by atoms with Gasteiger partial charge in [0.2, 0.25) is 10.8 Å². The highest BCUT2D eigenvalue weighted by atomic mass is 19.3. The Hall–Kier alpha value is -2.31. The van der Waals surface area contributed by atoms with E-state index >= 15 is 61.5 Å². The minimum absolute atomic E-state index is 0.187. The largest absolute Gasteiger partial charge is 0.430 e. The van der Waals surface area contributed by atoms with Crippen LogP contribution in [0.15, 0.2) is 12.2 Å². The normalized spacial score (nSPS) is 39.6. The van der Waals surface area contributed by atoms with Crippen LogP contribution in [-0.2, 0) is 9.53 Å². The topological polar surface area (TPSA) is 87.0 Å². The fourth-order valence-electron chi connectivity index (χ4n) is 5.85. The van der Waals surface area contributed by atoms with Crippen LogP contribution in [0.4, 0.5) is 87.8 Å². The minimum atomic E-state index is -9.48. The predicted molar refractivity (Wildman–Crippen MR) is 87.4 cm³/mol. The van der Waals surface area contributed by atoms with Gasteiger partial charge in [-0.05, 0) is 6.92 Å². The molecule has 3 unspecified atom stereocenters. The van der Waals surface area contributed by atoms with Crippen molar-refractivity contribution in [3.63, 3.8) is 0 Å². The summed E-state index contributed by atoms with van der Waals surface area (Å²) in [7, 11) is 0. The molecule has 4 bridgehead atoms. The molecule has 250 valence electrons. The molecule has 0 radical (unpaired) electrons. The molecule has 0 aromatic rings. The molecule has 4 aliphatic rings. The Bertz CT molecular complexity index is 1240. The quantitative estimate of drug-likeness (QED) is 0.162. The Balaban J connectivity index is 2.88. The monoisotopic (exact) mass is 684 g/mol. The zero-order chi connectivity index (χ0) is 34.9. The average Bonchev–Trinajstić information content (AvgIpc) is 2.72. The Labute approximate surface area is 220 Å². The number of halogens is 20. The zero-order valence-electron chi connectivity index (χ0n) is 19.4. The number of ether oxygens (including phenoxy) is 1. The second-order valence-electron chi connectivity index (χ2n) is 9.73. The summed E-state index contributed by atoms with van der Waals surface area (Å²) >= 11 is 0. The Morgan fingerprint density at radius 1 is 0.558 bits per heavy atom. The predicted octanol–water partition coefficient (Wildman–Crippen LogP) is 4.84. The average molecular weight is 684 g/mol. The van der Waals surface area contributed by atoms with Gasteiger partial charge in [0.1, 0.15) is 0 Å². The van der Waals surface area contributed by atoms with E-state index in [0.717, 1.165) is 0 Å². The maximum atomic E-state index is 15.7. The standard InChI is InChI=1S/C18H8F20O5/c1-3(2)4(39)43-18(38,42)15(33,34)6-9(21,22)5(14(31,32)17(37,40)41)10(23,24)7(19,12(6,27)28)16(35,36)8(20,11(5,25)26)13(6,29)30/h40-42H,1H2,2H3. The highest BCUT2D eigenvalue weighted by Gasteiger charge is 3.27. The highest BCUT2D eigenvalue weighted by molar-refractivity contribution is 5.87. The molecule has 0 saturated heterocycles. The lowest BCUT2D eigenvalue weighted by Gasteiger charge is -2.78. The summed E-state index contributed by atoms with van der Waals surface area (Å²) in [6, 6.07) is -15.3. The molecule has 0 heterocycles. The van der Waals surface area contributed by atoms with Crippen molar-refractivity contribution < 1.29 is 113 Å². The zero-order valence-corrected chi connectivity index (χ0v) is 19.4. The Morgan fingerprint density at radius 2 is 0.837 bits per heavy atom. The van der Waals surface area contributed by atoms with E-state index in [-0.39, 0.29) is 6.92 Å². The SMILES string of the molecule is C=C(C)C(=O)OC(O)(F)C(F)(F)C12C(F)(F)C3(F)C(F)(F)C(F)(C(F)(F)C(C(F)(F)C(O)(O)F)(C3(F)F)C1(F)F)C2(F)F. The molecule has 43 heavy (non-hydrogen) atoms. The molecule has 0 aromatic carbocycles. The van der Waals surface area contributed by atoms with Crippen LogP contribution in [0.1, 0.15) is 6.92 Å². The van der Waals surface area contributed by atoms with Crippen LogP contribution in [0.25, 0.3) is 0 Å². The summed E-state index contributed by atoms with van der Waals surface area (Å²) in [5, 5.41) is 26.0. The maximum absolute atomic E-state index is 15.7. The Kier molecular flexibility index (Phi) is 6.18. The van der Waals surface area contributed by atoms with E-state index < -0.39 is 93.2 Å². The molecule has 5 nitrogen and oxygen atoms in total. The summed E-state index contributed by atoms with van der Waals surface area (Å²) in [5.74, 6) is -75.8. The molecule has 0 amide bonds. The molecule has 4 fully saturated rings. The van der Waals surface area contributed by atoms with E-state index in [1.807, 2.05) is 0 Å². The number of hydrogen-bond donors (Lipinski definition) is 3. The van der Waals surface area contributed by atoms with Crippen molar-refractivity contribution >= 4 is 5.97 Å². The first-order valence-electron chi connectivity index (χ1n) is 10.2. The maximum Gasteiger partial charge on any atom is 0.430 e. The van der Waals surface area contributed by atoms with Gasteiger partial charge in [0.25, 0.3) is 5.92 Å².